The quantitative estimate of drug-likeness (QED) is 0.828. The summed E-state index contributed by atoms with van der Waals surface area (Å²) in [6, 6.07) is 7.26. The summed E-state index contributed by atoms with van der Waals surface area (Å²) in [5.41, 5.74) is 1.55. The van der Waals surface area contributed by atoms with Crippen LogP contribution in [0.25, 0.3) is 10.9 Å². The van der Waals surface area contributed by atoms with E-state index in [0.717, 1.165) is 10.9 Å². The number of halogens is 3. The van der Waals surface area contributed by atoms with Gasteiger partial charge >= 0.3 is 6.18 Å². The number of nitrogens with one attached hydrogen (secondary N) is 1. The fourth-order valence-electron chi connectivity index (χ4n) is 2.33. The van der Waals surface area contributed by atoms with Crippen LogP contribution in [0.5, 0.6) is 0 Å². The van der Waals surface area contributed by atoms with Gasteiger partial charge in [-0.1, -0.05) is 6.58 Å². The van der Waals surface area contributed by atoms with Gasteiger partial charge in [0.15, 0.2) is 0 Å². The van der Waals surface area contributed by atoms with Crippen molar-refractivity contribution in [3.8, 4) is 0 Å². The highest BCUT2D eigenvalue weighted by Crippen LogP contribution is 2.21. The number of benzene rings is 1. The van der Waals surface area contributed by atoms with Crippen molar-refractivity contribution in [1.82, 2.24) is 9.47 Å². The number of anilines is 1. The molecule has 124 valence electrons. The summed E-state index contributed by atoms with van der Waals surface area (Å²) < 4.78 is 38.8. The van der Waals surface area contributed by atoms with Crippen LogP contribution < -0.4 is 5.32 Å². The molecule has 23 heavy (non-hydrogen) atoms. The van der Waals surface area contributed by atoms with Crippen molar-refractivity contribution in [1.29, 1.82) is 0 Å². The minimum atomic E-state index is -4.19. The average Bonchev–Trinajstić information content (AvgIpc) is 2.85. The highest BCUT2D eigenvalue weighted by molar-refractivity contribution is 6.00. The molecule has 4 nitrogen and oxygen atoms in total. The van der Waals surface area contributed by atoms with Crippen molar-refractivity contribution in [3.63, 3.8) is 0 Å². The zero-order chi connectivity index (χ0) is 17.0. The molecule has 2 rings (SSSR count). The molecular weight excluding hydrogens is 307 g/mol. The van der Waals surface area contributed by atoms with E-state index in [0.29, 0.717) is 12.2 Å². The lowest BCUT2D eigenvalue weighted by molar-refractivity contribution is -0.143. The van der Waals surface area contributed by atoms with E-state index >= 15 is 0 Å². The Hall–Kier alpha value is -2.28. The van der Waals surface area contributed by atoms with Gasteiger partial charge in [0.05, 0.1) is 6.54 Å². The van der Waals surface area contributed by atoms with E-state index in [1.165, 1.54) is 18.0 Å². The highest BCUT2D eigenvalue weighted by Gasteiger charge is 2.28. The van der Waals surface area contributed by atoms with Gasteiger partial charge in [0, 0.05) is 35.9 Å². The van der Waals surface area contributed by atoms with Crippen LogP contribution >= 0.6 is 0 Å². The van der Waals surface area contributed by atoms with Gasteiger partial charge in [-0.2, -0.15) is 13.2 Å². The Morgan fingerprint density at radius 2 is 2.13 bits per heavy atom. The van der Waals surface area contributed by atoms with Crippen molar-refractivity contribution < 1.29 is 18.0 Å². The molecule has 0 spiro atoms. The molecule has 0 atom stereocenters. The van der Waals surface area contributed by atoms with E-state index in [9.17, 15) is 18.0 Å². The molecule has 1 N–H and O–H groups in total. The normalized spacial score (nSPS) is 11.9. The number of fused-ring (bicyclic) bond motifs is 1. The maximum atomic E-state index is 12.3. The molecule has 7 heteroatoms. The Bertz CT molecular complexity index is 706. The van der Waals surface area contributed by atoms with Crippen LogP contribution in [0.15, 0.2) is 43.1 Å². The molecule has 0 unspecified atom stereocenters. The van der Waals surface area contributed by atoms with Crippen LogP contribution in [-0.2, 0) is 11.3 Å². The van der Waals surface area contributed by atoms with Crippen LogP contribution in [0.2, 0.25) is 0 Å². The van der Waals surface area contributed by atoms with Gasteiger partial charge in [-0.3, -0.25) is 9.69 Å². The molecule has 1 aromatic heterocycles. The van der Waals surface area contributed by atoms with Gasteiger partial charge in [-0.05, 0) is 37.4 Å². The second kappa shape index (κ2) is 6.87. The van der Waals surface area contributed by atoms with Gasteiger partial charge < -0.3 is 9.88 Å². The molecule has 0 bridgehead atoms. The molecule has 0 saturated carbocycles. The minimum absolute atomic E-state index is 0.290. The summed E-state index contributed by atoms with van der Waals surface area (Å²) in [5, 5.41) is 3.58. The first-order chi connectivity index (χ1) is 10.8. The topological polar surface area (TPSA) is 37.3 Å². The number of aromatic nitrogens is 1. The number of nitrogens with zero attached hydrogens (tertiary/aromatic N) is 2. The average molecular weight is 325 g/mol. The molecule has 0 saturated heterocycles. The summed E-state index contributed by atoms with van der Waals surface area (Å²) in [6.45, 7) is 3.20. The summed E-state index contributed by atoms with van der Waals surface area (Å²) in [5.74, 6) is -0.294. The van der Waals surface area contributed by atoms with E-state index in [1.54, 1.807) is 6.07 Å². The number of alkyl halides is 3. The summed E-state index contributed by atoms with van der Waals surface area (Å²) in [4.78, 5) is 12.5. The zero-order valence-corrected chi connectivity index (χ0v) is 12.7. The van der Waals surface area contributed by atoms with E-state index in [-0.39, 0.29) is 12.5 Å². The largest absolute Gasteiger partial charge is 0.401 e. The van der Waals surface area contributed by atoms with Crippen molar-refractivity contribution in [2.45, 2.75) is 12.7 Å². The molecule has 1 aromatic carbocycles. The van der Waals surface area contributed by atoms with Gasteiger partial charge in [-0.15, -0.1) is 0 Å². The third-order valence-corrected chi connectivity index (χ3v) is 3.40. The number of likely N-dealkylation sites (N-methyl/N-ethyl adjacent to an activating group) is 1. The fourth-order valence-corrected chi connectivity index (χ4v) is 2.33. The van der Waals surface area contributed by atoms with E-state index in [2.05, 4.69) is 11.9 Å². The first-order valence-corrected chi connectivity index (χ1v) is 7.06. The highest BCUT2D eigenvalue weighted by atomic mass is 19.4. The van der Waals surface area contributed by atoms with Gasteiger partial charge in [0.25, 0.3) is 0 Å². The Balaban J connectivity index is 2.05. The number of hydrogen-bond donors (Lipinski definition) is 1. The number of carbonyl (C=O) groups excluding carboxylic acids is 1. The van der Waals surface area contributed by atoms with Gasteiger partial charge in [-0.25, -0.2) is 0 Å². The molecule has 0 fully saturated rings. The number of rotatable bonds is 6. The maximum Gasteiger partial charge on any atom is 0.401 e. The van der Waals surface area contributed by atoms with Crippen molar-refractivity contribution in [2.75, 3.05) is 25.5 Å². The van der Waals surface area contributed by atoms with Gasteiger partial charge in [0.2, 0.25) is 5.91 Å². The zero-order valence-electron chi connectivity index (χ0n) is 12.7. The molecule has 0 aliphatic heterocycles. The lowest BCUT2D eigenvalue weighted by Gasteiger charge is -2.19. The Labute approximate surface area is 132 Å². The van der Waals surface area contributed by atoms with Crippen LogP contribution in [0.4, 0.5) is 18.9 Å². The van der Waals surface area contributed by atoms with Crippen LogP contribution in [0.3, 0.4) is 0 Å². The Morgan fingerprint density at radius 3 is 2.78 bits per heavy atom. The number of amides is 1. The molecule has 1 heterocycles. The first kappa shape index (κ1) is 17.1. The minimum Gasteiger partial charge on any atom is -0.346 e. The van der Waals surface area contributed by atoms with Crippen LogP contribution in [0.1, 0.15) is 0 Å². The maximum absolute atomic E-state index is 12.3. The SMILES string of the molecule is C=CC(=O)Nc1ccc2c(ccn2CCN(C)CC(F)(F)F)c1. The second-order valence-electron chi connectivity index (χ2n) is 5.33. The standard InChI is InChI=1S/C16H18F3N3O/c1-3-15(23)20-13-4-5-14-12(10-13)6-7-22(14)9-8-21(2)11-16(17,18)19/h3-7,10H,1,8-9,11H2,2H3,(H,20,23). The smallest absolute Gasteiger partial charge is 0.346 e. The van der Waals surface area contributed by atoms with Crippen LogP contribution in [-0.4, -0.2) is 41.7 Å². The molecular formula is C16H18F3N3O. The van der Waals surface area contributed by atoms with Crippen LogP contribution in [0, 0.1) is 0 Å². The second-order valence-corrected chi connectivity index (χ2v) is 5.33. The predicted octanol–water partition coefficient (Wildman–Crippen LogP) is 3.26. The van der Waals surface area contributed by atoms with E-state index in [1.807, 2.05) is 29.0 Å². The Kier molecular flexibility index (Phi) is 5.10. The third kappa shape index (κ3) is 4.85. The van der Waals surface area contributed by atoms with E-state index < -0.39 is 12.7 Å². The summed E-state index contributed by atoms with van der Waals surface area (Å²) in [7, 11) is 1.45. The fraction of sp³-hybridized carbons (Fsp3) is 0.312. The molecule has 0 radical (unpaired) electrons. The molecule has 0 aliphatic carbocycles. The molecule has 1 amide bonds. The van der Waals surface area contributed by atoms with Crippen molar-refractivity contribution in [3.05, 3.63) is 43.1 Å². The summed E-state index contributed by atoms with van der Waals surface area (Å²) >= 11 is 0. The Morgan fingerprint density at radius 1 is 1.39 bits per heavy atom. The van der Waals surface area contributed by atoms with Crippen molar-refractivity contribution >= 4 is 22.5 Å². The number of carbonyl (C=O) groups is 1. The van der Waals surface area contributed by atoms with Gasteiger partial charge in [0.1, 0.15) is 0 Å². The first-order valence-electron chi connectivity index (χ1n) is 7.06. The monoisotopic (exact) mass is 325 g/mol. The molecule has 2 aromatic rings. The number of hydrogen-bond acceptors (Lipinski definition) is 2. The lowest BCUT2D eigenvalue weighted by Crippen LogP contribution is -2.33. The lowest BCUT2D eigenvalue weighted by atomic mass is 10.2. The summed E-state index contributed by atoms with van der Waals surface area (Å²) in [6.07, 6.45) is -1.18. The van der Waals surface area contributed by atoms with E-state index in [4.69, 9.17) is 0 Å². The predicted molar refractivity (Wildman–Crippen MR) is 84.3 cm³/mol. The molecule has 0 aliphatic rings. The van der Waals surface area contributed by atoms with Crippen molar-refractivity contribution in [2.24, 2.45) is 0 Å². The third-order valence-electron chi connectivity index (χ3n) is 3.40.